The predicted molar refractivity (Wildman–Crippen MR) is 79.4 cm³/mol. The number of hydrogen-bond donors (Lipinski definition) is 0. The summed E-state index contributed by atoms with van der Waals surface area (Å²) in [6.07, 6.45) is 0. The molecule has 0 bridgehead atoms. The molecule has 0 spiro atoms. The van der Waals surface area contributed by atoms with Crippen LogP contribution in [0.4, 0.5) is 5.69 Å². The van der Waals surface area contributed by atoms with Gasteiger partial charge >= 0.3 is 0 Å². The SMILES string of the molecule is CC(C)[N@@+](C)(Cc1ccccc1)c1ccccc1.[I-]. The quantitative estimate of drug-likeness (QED) is 0.564. The topological polar surface area (TPSA) is 0 Å². The van der Waals surface area contributed by atoms with E-state index in [9.17, 15) is 0 Å². The molecule has 0 saturated heterocycles. The summed E-state index contributed by atoms with van der Waals surface area (Å²) >= 11 is 0. The second kappa shape index (κ2) is 7.06. The van der Waals surface area contributed by atoms with Crippen LogP contribution in [-0.2, 0) is 6.54 Å². The van der Waals surface area contributed by atoms with Gasteiger partial charge in [-0.3, -0.25) is 4.48 Å². The summed E-state index contributed by atoms with van der Waals surface area (Å²) in [5, 5.41) is 0. The fourth-order valence-corrected chi connectivity index (χ4v) is 2.30. The number of rotatable bonds is 4. The van der Waals surface area contributed by atoms with Crippen molar-refractivity contribution in [3.05, 3.63) is 66.2 Å². The lowest BCUT2D eigenvalue weighted by Crippen LogP contribution is -3.00. The van der Waals surface area contributed by atoms with Gasteiger partial charge in [0.15, 0.2) is 0 Å². The second-order valence-electron chi connectivity index (χ2n) is 5.34. The van der Waals surface area contributed by atoms with Crippen molar-refractivity contribution < 1.29 is 24.0 Å². The molecule has 2 rings (SSSR count). The summed E-state index contributed by atoms with van der Waals surface area (Å²) in [5.74, 6) is 0. The van der Waals surface area contributed by atoms with Gasteiger partial charge in [0.2, 0.25) is 0 Å². The molecule has 0 N–H and O–H groups in total. The number of halogens is 1. The van der Waals surface area contributed by atoms with E-state index in [1.54, 1.807) is 0 Å². The average Bonchev–Trinajstić information content (AvgIpc) is 2.40. The molecule has 0 aliphatic carbocycles. The summed E-state index contributed by atoms with van der Waals surface area (Å²) in [6.45, 7) is 5.61. The van der Waals surface area contributed by atoms with Crippen LogP contribution in [0.1, 0.15) is 19.4 Å². The number of benzene rings is 2. The first-order valence-corrected chi connectivity index (χ1v) is 6.57. The van der Waals surface area contributed by atoms with E-state index in [-0.39, 0.29) is 24.0 Å². The Balaban J connectivity index is 0.00000180. The molecular weight excluding hydrogens is 345 g/mol. The molecular formula is C17H22IN. The van der Waals surface area contributed by atoms with E-state index in [1.807, 2.05) is 0 Å². The zero-order valence-electron chi connectivity index (χ0n) is 11.9. The van der Waals surface area contributed by atoms with Crippen molar-refractivity contribution >= 4 is 5.69 Å². The minimum Gasteiger partial charge on any atom is -1.00 e. The lowest BCUT2D eigenvalue weighted by Gasteiger charge is -2.38. The van der Waals surface area contributed by atoms with Crippen molar-refractivity contribution in [2.45, 2.75) is 26.4 Å². The van der Waals surface area contributed by atoms with Gasteiger partial charge in [-0.25, -0.2) is 0 Å². The van der Waals surface area contributed by atoms with Crippen molar-refractivity contribution in [1.29, 1.82) is 0 Å². The van der Waals surface area contributed by atoms with Crippen molar-refractivity contribution in [3.8, 4) is 0 Å². The summed E-state index contributed by atoms with van der Waals surface area (Å²) < 4.78 is 0.935. The Kier molecular flexibility index (Phi) is 6.01. The van der Waals surface area contributed by atoms with Crippen LogP contribution in [0.5, 0.6) is 0 Å². The van der Waals surface area contributed by atoms with Gasteiger partial charge in [0.25, 0.3) is 0 Å². The van der Waals surface area contributed by atoms with Crippen LogP contribution in [0, 0.1) is 0 Å². The van der Waals surface area contributed by atoms with E-state index in [0.29, 0.717) is 6.04 Å². The summed E-state index contributed by atoms with van der Waals surface area (Å²) in [6, 6.07) is 22.1. The molecule has 0 radical (unpaired) electrons. The number of para-hydroxylation sites is 1. The van der Waals surface area contributed by atoms with Crippen LogP contribution in [-0.4, -0.2) is 13.1 Å². The van der Waals surface area contributed by atoms with Gasteiger partial charge in [-0.2, -0.15) is 0 Å². The molecule has 0 heterocycles. The Morgan fingerprint density at radius 2 is 1.32 bits per heavy atom. The molecule has 0 fully saturated rings. The summed E-state index contributed by atoms with van der Waals surface area (Å²) in [4.78, 5) is 0. The third-order valence-corrected chi connectivity index (χ3v) is 3.84. The van der Waals surface area contributed by atoms with E-state index in [1.165, 1.54) is 11.3 Å². The molecule has 19 heavy (non-hydrogen) atoms. The lowest BCUT2D eigenvalue weighted by molar-refractivity contribution is -0.00000385. The van der Waals surface area contributed by atoms with Gasteiger partial charge in [-0.1, -0.05) is 48.5 Å². The maximum atomic E-state index is 2.31. The van der Waals surface area contributed by atoms with Gasteiger partial charge in [-0.15, -0.1) is 0 Å². The van der Waals surface area contributed by atoms with E-state index in [4.69, 9.17) is 0 Å². The Bertz CT molecular complexity index is 481. The largest absolute Gasteiger partial charge is 1.00 e. The first kappa shape index (κ1) is 16.2. The Morgan fingerprint density at radius 3 is 1.79 bits per heavy atom. The van der Waals surface area contributed by atoms with Crippen molar-refractivity contribution in [2.75, 3.05) is 7.05 Å². The van der Waals surface area contributed by atoms with Crippen LogP contribution in [0.25, 0.3) is 0 Å². The second-order valence-corrected chi connectivity index (χ2v) is 5.34. The Hall–Kier alpha value is -0.870. The van der Waals surface area contributed by atoms with Gasteiger partial charge < -0.3 is 24.0 Å². The molecule has 0 saturated carbocycles. The van der Waals surface area contributed by atoms with Crippen molar-refractivity contribution in [1.82, 2.24) is 4.48 Å². The minimum absolute atomic E-state index is 0. The lowest BCUT2D eigenvalue weighted by atomic mass is 10.1. The highest BCUT2D eigenvalue weighted by molar-refractivity contribution is 5.43. The molecule has 2 aromatic carbocycles. The van der Waals surface area contributed by atoms with Crippen LogP contribution >= 0.6 is 0 Å². The van der Waals surface area contributed by atoms with E-state index >= 15 is 0 Å². The molecule has 102 valence electrons. The molecule has 0 aliphatic rings. The average molecular weight is 367 g/mol. The fraction of sp³-hybridized carbons (Fsp3) is 0.294. The van der Waals surface area contributed by atoms with E-state index in [2.05, 4.69) is 81.6 Å². The van der Waals surface area contributed by atoms with Crippen molar-refractivity contribution in [2.24, 2.45) is 0 Å². The molecule has 2 aromatic rings. The van der Waals surface area contributed by atoms with Gasteiger partial charge in [0, 0.05) is 5.56 Å². The minimum atomic E-state index is 0. The van der Waals surface area contributed by atoms with Gasteiger partial charge in [0.1, 0.15) is 12.2 Å². The van der Waals surface area contributed by atoms with Gasteiger partial charge in [-0.05, 0) is 26.0 Å². The molecule has 0 unspecified atom stereocenters. The first-order valence-electron chi connectivity index (χ1n) is 6.57. The highest BCUT2D eigenvalue weighted by Gasteiger charge is 2.28. The Morgan fingerprint density at radius 1 is 0.842 bits per heavy atom. The zero-order chi connectivity index (χ0) is 13.0. The molecule has 0 amide bonds. The normalized spacial score (nSPS) is 13.7. The van der Waals surface area contributed by atoms with Crippen LogP contribution in [0.2, 0.25) is 0 Å². The number of nitrogens with zero attached hydrogens (tertiary/aromatic N) is 1. The van der Waals surface area contributed by atoms with E-state index in [0.717, 1.165) is 11.0 Å². The van der Waals surface area contributed by atoms with Crippen LogP contribution in [0.3, 0.4) is 0 Å². The first-order chi connectivity index (χ1) is 8.63. The third-order valence-electron chi connectivity index (χ3n) is 3.84. The monoisotopic (exact) mass is 367 g/mol. The molecule has 1 atom stereocenters. The maximum absolute atomic E-state index is 2.31. The van der Waals surface area contributed by atoms with Crippen LogP contribution < -0.4 is 28.5 Å². The molecule has 1 nitrogen and oxygen atoms in total. The number of quaternary nitrogens is 1. The fourth-order valence-electron chi connectivity index (χ4n) is 2.30. The zero-order valence-corrected chi connectivity index (χ0v) is 14.0. The maximum Gasteiger partial charge on any atom is 0.133 e. The summed E-state index contributed by atoms with van der Waals surface area (Å²) in [5.41, 5.74) is 2.76. The number of hydrogen-bond acceptors (Lipinski definition) is 0. The highest BCUT2D eigenvalue weighted by Crippen LogP contribution is 2.26. The van der Waals surface area contributed by atoms with E-state index < -0.39 is 0 Å². The molecule has 2 heteroatoms. The Labute approximate surface area is 133 Å². The smallest absolute Gasteiger partial charge is 0.133 e. The highest BCUT2D eigenvalue weighted by atomic mass is 127. The third kappa shape index (κ3) is 3.80. The molecule has 0 aliphatic heterocycles. The predicted octanol–water partition coefficient (Wildman–Crippen LogP) is 1.24. The van der Waals surface area contributed by atoms with Crippen molar-refractivity contribution in [3.63, 3.8) is 0 Å². The summed E-state index contributed by atoms with van der Waals surface area (Å²) in [7, 11) is 2.31. The van der Waals surface area contributed by atoms with Gasteiger partial charge in [0.05, 0.1) is 13.1 Å². The molecule has 0 aromatic heterocycles. The standard InChI is InChI=1S/C17H22N.HI/c1-15(2)18(3,17-12-8-5-9-13-17)14-16-10-6-4-7-11-16;/h4-13,15H,14H2,1-3H3;1H/q+1;/p-1/t18-;/m1./s1. The van der Waals surface area contributed by atoms with Crippen LogP contribution in [0.15, 0.2) is 60.7 Å².